The van der Waals surface area contributed by atoms with Crippen LogP contribution in [0.3, 0.4) is 0 Å². The van der Waals surface area contributed by atoms with E-state index < -0.39 is 0 Å². The predicted octanol–water partition coefficient (Wildman–Crippen LogP) is 5.59. The van der Waals surface area contributed by atoms with E-state index in [1.165, 1.54) is 17.7 Å². The minimum absolute atomic E-state index is 0.216. The van der Waals surface area contributed by atoms with Gasteiger partial charge in [0.25, 0.3) is 5.91 Å². The molecule has 200 valence electrons. The second kappa shape index (κ2) is 10.7. The van der Waals surface area contributed by atoms with Gasteiger partial charge >= 0.3 is 6.03 Å². The van der Waals surface area contributed by atoms with Gasteiger partial charge in [-0.2, -0.15) is 0 Å². The number of anilines is 2. The molecule has 4 heterocycles. The topological polar surface area (TPSA) is 118 Å². The van der Waals surface area contributed by atoms with E-state index >= 15 is 0 Å². The van der Waals surface area contributed by atoms with Gasteiger partial charge in [0.15, 0.2) is 12.2 Å². The summed E-state index contributed by atoms with van der Waals surface area (Å²) in [7, 11) is 1.72. The summed E-state index contributed by atoms with van der Waals surface area (Å²) in [5.41, 5.74) is 2.90. The van der Waals surface area contributed by atoms with E-state index in [9.17, 15) is 9.59 Å². The zero-order chi connectivity index (χ0) is 27.6. The molecule has 0 spiro atoms. The zero-order valence-corrected chi connectivity index (χ0v) is 23.0. The lowest BCUT2D eigenvalue weighted by Gasteiger charge is -2.25. The summed E-state index contributed by atoms with van der Waals surface area (Å²) in [6.45, 7) is 6.37. The molecule has 5 rings (SSSR count). The van der Waals surface area contributed by atoms with Gasteiger partial charge in [0.2, 0.25) is 5.95 Å². The summed E-state index contributed by atoms with van der Waals surface area (Å²) >= 11 is 1.31. The molecular weight excluding hydrogens is 514 g/mol. The number of benzene rings is 1. The SMILES string of the molecule is CN(C(=O)NC(C)(C)C)c1ccc2c(c1)nc(NC(=O)c1ccc(-c3cnco3)s1)n2CCc1cccnc1. The van der Waals surface area contributed by atoms with Crippen molar-refractivity contribution >= 4 is 45.9 Å². The predicted molar refractivity (Wildman–Crippen MR) is 152 cm³/mol. The summed E-state index contributed by atoms with van der Waals surface area (Å²) in [5, 5.41) is 5.95. The molecule has 1 aromatic carbocycles. The van der Waals surface area contributed by atoms with E-state index in [2.05, 4.69) is 20.6 Å². The molecule has 0 saturated carbocycles. The molecule has 0 fully saturated rings. The van der Waals surface area contributed by atoms with E-state index in [1.54, 1.807) is 30.4 Å². The van der Waals surface area contributed by atoms with Crippen molar-refractivity contribution in [3.05, 3.63) is 77.9 Å². The Hall–Kier alpha value is -4.51. The molecule has 3 amide bonds. The number of fused-ring (bicyclic) bond motifs is 1. The molecule has 0 radical (unpaired) electrons. The number of hydrogen-bond acceptors (Lipinski definition) is 7. The maximum atomic E-state index is 13.2. The summed E-state index contributed by atoms with van der Waals surface area (Å²) in [5.74, 6) is 0.757. The van der Waals surface area contributed by atoms with Crippen LogP contribution in [0.2, 0.25) is 0 Å². The van der Waals surface area contributed by atoms with Gasteiger partial charge in [-0.1, -0.05) is 6.07 Å². The quantitative estimate of drug-likeness (QED) is 0.276. The van der Waals surface area contributed by atoms with Crippen molar-refractivity contribution < 1.29 is 14.0 Å². The van der Waals surface area contributed by atoms with Crippen molar-refractivity contribution in [2.24, 2.45) is 0 Å². The first-order valence-corrected chi connectivity index (χ1v) is 13.2. The van der Waals surface area contributed by atoms with Crippen LogP contribution in [0.15, 0.2) is 71.9 Å². The molecule has 0 aliphatic rings. The van der Waals surface area contributed by atoms with Gasteiger partial charge in [0.1, 0.15) is 0 Å². The van der Waals surface area contributed by atoms with Crippen LogP contribution >= 0.6 is 11.3 Å². The number of thiophene rings is 1. The lowest BCUT2D eigenvalue weighted by Crippen LogP contribution is -2.47. The molecular formula is C28H29N7O3S. The van der Waals surface area contributed by atoms with Gasteiger partial charge in [-0.05, 0) is 69.2 Å². The van der Waals surface area contributed by atoms with Crippen molar-refractivity contribution in [2.45, 2.75) is 39.3 Å². The molecule has 2 N–H and O–H groups in total. The molecule has 0 aliphatic heterocycles. The molecule has 4 aromatic heterocycles. The van der Waals surface area contributed by atoms with Gasteiger partial charge in [-0.15, -0.1) is 11.3 Å². The first kappa shape index (κ1) is 26.1. The summed E-state index contributed by atoms with van der Waals surface area (Å²) in [6, 6.07) is 12.9. The van der Waals surface area contributed by atoms with Gasteiger partial charge in [-0.3, -0.25) is 20.0 Å². The van der Waals surface area contributed by atoms with Gasteiger partial charge in [0, 0.05) is 37.2 Å². The molecule has 0 atom stereocenters. The molecule has 10 nitrogen and oxygen atoms in total. The second-order valence-corrected chi connectivity index (χ2v) is 11.2. The van der Waals surface area contributed by atoms with Crippen molar-refractivity contribution in [3.8, 4) is 10.6 Å². The number of hydrogen-bond donors (Lipinski definition) is 2. The van der Waals surface area contributed by atoms with Gasteiger partial charge in [-0.25, -0.2) is 14.8 Å². The Balaban J connectivity index is 1.45. The van der Waals surface area contributed by atoms with Crippen LogP contribution in [-0.2, 0) is 13.0 Å². The number of urea groups is 1. The number of aromatic nitrogens is 4. The Kier molecular flexibility index (Phi) is 7.16. The summed E-state index contributed by atoms with van der Waals surface area (Å²) in [6.07, 6.45) is 7.24. The fourth-order valence-electron chi connectivity index (χ4n) is 4.05. The average molecular weight is 544 g/mol. The molecule has 5 aromatic rings. The lowest BCUT2D eigenvalue weighted by atomic mass is 10.1. The molecule has 0 unspecified atom stereocenters. The van der Waals surface area contributed by atoms with Crippen LogP contribution in [0, 0.1) is 0 Å². The third kappa shape index (κ3) is 5.99. The van der Waals surface area contributed by atoms with Crippen LogP contribution < -0.4 is 15.5 Å². The number of pyridine rings is 1. The molecule has 39 heavy (non-hydrogen) atoms. The van der Waals surface area contributed by atoms with Crippen LogP contribution in [-0.4, -0.2) is 44.0 Å². The maximum absolute atomic E-state index is 13.2. The van der Waals surface area contributed by atoms with Crippen molar-refractivity contribution in [1.82, 2.24) is 24.8 Å². The van der Waals surface area contributed by atoms with Crippen LogP contribution in [0.5, 0.6) is 0 Å². The highest BCUT2D eigenvalue weighted by atomic mass is 32.1. The normalized spacial score (nSPS) is 11.5. The Bertz CT molecular complexity index is 1600. The standard InChI is InChI=1S/C28H29N7O3S/c1-28(2,3)33-27(37)34(4)19-7-8-21-20(14-19)31-26(35(21)13-11-18-6-5-12-29-15-18)32-25(36)24-10-9-23(39-24)22-16-30-17-38-22/h5-10,12,14-17H,11,13H2,1-4H3,(H,33,37)(H,31,32,36). The third-order valence-electron chi connectivity index (χ3n) is 5.98. The Labute approximate surface area is 229 Å². The first-order chi connectivity index (χ1) is 18.7. The smallest absolute Gasteiger partial charge is 0.322 e. The second-order valence-electron chi connectivity index (χ2n) is 10.1. The van der Waals surface area contributed by atoms with Crippen molar-refractivity contribution in [3.63, 3.8) is 0 Å². The van der Waals surface area contributed by atoms with Gasteiger partial charge in [0.05, 0.1) is 27.0 Å². The number of carbonyl (C=O) groups is 2. The monoisotopic (exact) mass is 543 g/mol. The third-order valence-corrected chi connectivity index (χ3v) is 7.08. The molecule has 0 bridgehead atoms. The van der Waals surface area contributed by atoms with E-state index in [0.717, 1.165) is 16.0 Å². The summed E-state index contributed by atoms with van der Waals surface area (Å²) in [4.78, 5) is 41.7. The number of carbonyl (C=O) groups excluding carboxylic acids is 2. The number of oxazole rings is 1. The highest BCUT2D eigenvalue weighted by Gasteiger charge is 2.21. The molecule has 0 aliphatic carbocycles. The fraction of sp³-hybridized carbons (Fsp3) is 0.250. The first-order valence-electron chi connectivity index (χ1n) is 12.4. The zero-order valence-electron chi connectivity index (χ0n) is 22.1. The average Bonchev–Trinajstić information content (AvgIpc) is 3.66. The number of nitrogens with zero attached hydrogens (tertiary/aromatic N) is 5. The number of rotatable bonds is 7. The number of nitrogens with one attached hydrogen (secondary N) is 2. The Morgan fingerprint density at radius 3 is 2.67 bits per heavy atom. The summed E-state index contributed by atoms with van der Waals surface area (Å²) < 4.78 is 7.33. The van der Waals surface area contributed by atoms with Crippen LogP contribution in [0.25, 0.3) is 21.7 Å². The van der Waals surface area contributed by atoms with Crippen LogP contribution in [0.1, 0.15) is 36.0 Å². The minimum Gasteiger partial charge on any atom is -0.443 e. The largest absolute Gasteiger partial charge is 0.443 e. The fourth-order valence-corrected chi connectivity index (χ4v) is 4.90. The molecule has 11 heteroatoms. The van der Waals surface area contributed by atoms with E-state index in [0.29, 0.717) is 40.8 Å². The van der Waals surface area contributed by atoms with E-state index in [-0.39, 0.29) is 17.5 Å². The minimum atomic E-state index is -0.365. The highest BCUT2D eigenvalue weighted by Crippen LogP contribution is 2.29. The Morgan fingerprint density at radius 1 is 1.10 bits per heavy atom. The van der Waals surface area contributed by atoms with Crippen LogP contribution in [0.4, 0.5) is 16.4 Å². The maximum Gasteiger partial charge on any atom is 0.322 e. The number of imidazole rings is 1. The van der Waals surface area contributed by atoms with E-state index in [4.69, 9.17) is 9.40 Å². The number of amides is 3. The van der Waals surface area contributed by atoms with E-state index in [1.807, 2.05) is 67.9 Å². The Morgan fingerprint density at radius 2 is 1.95 bits per heavy atom. The highest BCUT2D eigenvalue weighted by molar-refractivity contribution is 7.17. The lowest BCUT2D eigenvalue weighted by molar-refractivity contribution is 0.102. The molecule has 0 saturated heterocycles. The van der Waals surface area contributed by atoms with Crippen molar-refractivity contribution in [1.29, 1.82) is 0 Å². The number of aryl methyl sites for hydroxylation is 2. The van der Waals surface area contributed by atoms with Crippen molar-refractivity contribution in [2.75, 3.05) is 17.3 Å². The van der Waals surface area contributed by atoms with Gasteiger partial charge < -0.3 is 14.3 Å².